The number of hydrogen-bond acceptors (Lipinski definition) is 0. The van der Waals surface area contributed by atoms with E-state index in [9.17, 15) is 0 Å². The van der Waals surface area contributed by atoms with Crippen molar-refractivity contribution in [2.45, 2.75) is 46.2 Å². The Labute approximate surface area is 137 Å². The third kappa shape index (κ3) is 5.57. The second-order valence-corrected chi connectivity index (χ2v) is 17.3. The third-order valence-electron chi connectivity index (χ3n) is 3.28. The first kappa shape index (κ1) is 19.7. The molecular weight excluding hydrogens is 316 g/mol. The molecule has 0 heterocycles. The Morgan fingerprint density at radius 1 is 0.800 bits per heavy atom. The summed E-state index contributed by atoms with van der Waals surface area (Å²) in [7, 11) is -2.28. The Kier molecular flexibility index (Phi) is 7.47. The molecule has 0 unspecified atom stereocenters. The van der Waals surface area contributed by atoms with Crippen molar-refractivity contribution in [3.63, 3.8) is 0 Å². The van der Waals surface area contributed by atoms with Crippen molar-refractivity contribution < 1.29 is 17.1 Å². The van der Waals surface area contributed by atoms with Gasteiger partial charge in [0.25, 0.3) is 0 Å². The van der Waals surface area contributed by atoms with E-state index in [1.54, 1.807) is 10.4 Å². The largest absolute Gasteiger partial charge is 0.748 e. The van der Waals surface area contributed by atoms with Crippen LogP contribution in [0.1, 0.15) is 5.56 Å². The molecule has 0 aliphatic heterocycles. The van der Waals surface area contributed by atoms with Gasteiger partial charge in [-0.2, -0.15) is 16.8 Å². The summed E-state index contributed by atoms with van der Waals surface area (Å²) in [6, 6.07) is 14.7. The zero-order valence-corrected chi connectivity index (χ0v) is 17.0. The van der Waals surface area contributed by atoms with Crippen molar-refractivity contribution in [3.05, 3.63) is 48.0 Å². The van der Waals surface area contributed by atoms with Crippen LogP contribution in [0.5, 0.6) is 0 Å². The van der Waals surface area contributed by atoms with Crippen molar-refractivity contribution in [3.8, 4) is 0 Å². The van der Waals surface area contributed by atoms with E-state index >= 15 is 0 Å². The first-order valence-electron chi connectivity index (χ1n) is 7.08. The maximum absolute atomic E-state index is 2.46. The monoisotopic (exact) mass is 344 g/mol. The smallest absolute Gasteiger partial charge is 0.0507 e. The van der Waals surface area contributed by atoms with Crippen LogP contribution in [0.15, 0.2) is 42.5 Å². The van der Waals surface area contributed by atoms with E-state index in [4.69, 9.17) is 0 Å². The van der Waals surface area contributed by atoms with Gasteiger partial charge >= 0.3 is 0 Å². The van der Waals surface area contributed by atoms with Crippen molar-refractivity contribution >= 4 is 26.5 Å². The molecule has 0 nitrogen and oxygen atoms in total. The van der Waals surface area contributed by atoms with E-state index in [0.29, 0.717) is 0 Å². The van der Waals surface area contributed by atoms with Gasteiger partial charge in [0.15, 0.2) is 0 Å². The molecule has 0 radical (unpaired) electrons. The van der Waals surface area contributed by atoms with Crippen LogP contribution in [0, 0.1) is 6.92 Å². The summed E-state index contributed by atoms with van der Waals surface area (Å²) in [6.07, 6.45) is 0. The van der Waals surface area contributed by atoms with E-state index in [-0.39, 0.29) is 17.1 Å². The molecule has 3 heteroatoms. The van der Waals surface area contributed by atoms with Crippen LogP contribution < -0.4 is 10.4 Å². The number of hydrogen-bond donors (Lipinski definition) is 0. The summed E-state index contributed by atoms with van der Waals surface area (Å²) in [4.78, 5) is 0. The molecule has 0 saturated carbocycles. The molecule has 0 fully saturated rings. The van der Waals surface area contributed by atoms with Gasteiger partial charge < -0.3 is 30.3 Å². The fourth-order valence-corrected chi connectivity index (χ4v) is 8.47. The molecule has 0 bridgehead atoms. The van der Waals surface area contributed by atoms with Crippen molar-refractivity contribution in [1.29, 1.82) is 0 Å². The quantitative estimate of drug-likeness (QED) is 0.566. The maximum Gasteiger partial charge on any atom is 0.0507 e. The molecule has 0 aromatic heterocycles. The average molecular weight is 344 g/mol. The minimum Gasteiger partial charge on any atom is -0.748 e. The molecule has 0 atom stereocenters. The van der Waals surface area contributed by atoms with Crippen LogP contribution in [0.4, 0.5) is 0 Å². The van der Waals surface area contributed by atoms with E-state index in [1.165, 1.54) is 5.56 Å². The predicted molar refractivity (Wildman–Crippen MR) is 94.8 cm³/mol. The summed E-state index contributed by atoms with van der Waals surface area (Å²) in [5, 5.41) is 3.44. The zero-order chi connectivity index (χ0) is 14.7. The van der Waals surface area contributed by atoms with Gasteiger partial charge in [0.05, 0.1) is 8.07 Å². The van der Waals surface area contributed by atoms with Gasteiger partial charge in [0, 0.05) is 25.1 Å². The summed E-state index contributed by atoms with van der Waals surface area (Å²) in [6.45, 7) is 17.0. The molecule has 118 valence electrons. The molecule has 0 aliphatic rings. The summed E-state index contributed by atoms with van der Waals surface area (Å²) in [5.41, 5.74) is 1.53. The van der Waals surface area contributed by atoms with Crippen molar-refractivity contribution in [2.24, 2.45) is 0 Å². The van der Waals surface area contributed by atoms with E-state index in [0.717, 1.165) is 0 Å². The molecule has 0 aliphatic carbocycles. The van der Waals surface area contributed by atoms with Gasteiger partial charge in [-0.3, -0.25) is 0 Å². The van der Waals surface area contributed by atoms with Crippen LogP contribution in [0.2, 0.25) is 39.3 Å². The van der Waals surface area contributed by atoms with Gasteiger partial charge in [0.1, 0.15) is 0 Å². The van der Waals surface area contributed by atoms with Gasteiger partial charge in [0.2, 0.25) is 0 Å². The molecule has 20 heavy (non-hydrogen) atoms. The number of rotatable bonds is 2. The Hall–Kier alpha value is -0.347. The molecule has 0 amide bonds. The minimum absolute atomic E-state index is 0. The van der Waals surface area contributed by atoms with Crippen LogP contribution in [0.25, 0.3) is 0 Å². The van der Waals surface area contributed by atoms with Gasteiger partial charge in [-0.1, -0.05) is 46.2 Å². The molecule has 0 saturated heterocycles. The molecule has 2 aromatic carbocycles. The molecule has 2 aromatic rings. The Morgan fingerprint density at radius 3 is 1.45 bits per heavy atom. The third-order valence-corrected chi connectivity index (χ3v) is 7.72. The van der Waals surface area contributed by atoms with Crippen molar-refractivity contribution in [2.75, 3.05) is 0 Å². The number of aryl methyl sites for hydroxylation is 1. The van der Waals surface area contributed by atoms with E-state index in [2.05, 4.69) is 58.3 Å². The summed E-state index contributed by atoms with van der Waals surface area (Å²) < 4.78 is 0. The minimum atomic E-state index is -1.15. The van der Waals surface area contributed by atoms with Gasteiger partial charge in [-0.15, -0.1) is 0 Å². The topological polar surface area (TPSA) is 0 Å². The molecular formula is C17H28FeSi2-6. The molecule has 2 rings (SSSR count). The van der Waals surface area contributed by atoms with Crippen LogP contribution in [-0.4, -0.2) is 16.1 Å². The SMILES string of the molecule is C[c-]1ccc([Si](C)(C)C)c1[Si](C)(C)C.[Fe].[cH-]1[cH-][cH-][cH-][cH-]1. The maximum atomic E-state index is 2.46. The first-order valence-corrected chi connectivity index (χ1v) is 14.1. The van der Waals surface area contributed by atoms with E-state index in [1.807, 2.05) is 30.3 Å². The second kappa shape index (κ2) is 7.60. The van der Waals surface area contributed by atoms with Gasteiger partial charge in [-0.05, 0) is 0 Å². The fourth-order valence-electron chi connectivity index (χ4n) is 2.53. The molecule has 0 N–H and O–H groups in total. The Morgan fingerprint density at radius 2 is 1.20 bits per heavy atom. The fraction of sp³-hybridized carbons (Fsp3) is 0.412. The Bertz CT molecular complexity index is 465. The second-order valence-electron chi connectivity index (χ2n) is 7.27. The standard InChI is InChI=1S/C12H23Si2.C5H5.Fe/c1-10-8-9-11(13(2,3)4)12(10)14(5,6)7;1-2-4-5-3-1;/h8-9H,1-7H3;1-5H;/q-1;-5;. The summed E-state index contributed by atoms with van der Waals surface area (Å²) >= 11 is 0. The molecule has 0 spiro atoms. The van der Waals surface area contributed by atoms with Crippen molar-refractivity contribution in [1.82, 2.24) is 0 Å². The van der Waals surface area contributed by atoms with E-state index < -0.39 is 16.1 Å². The van der Waals surface area contributed by atoms with Crippen LogP contribution in [-0.2, 0) is 17.1 Å². The van der Waals surface area contributed by atoms with Gasteiger partial charge in [-0.25, -0.2) is 11.3 Å². The predicted octanol–water partition coefficient (Wildman–Crippen LogP) is 4.21. The Balaban J connectivity index is 0.000000507. The normalized spacial score (nSPS) is 11.3. The zero-order valence-electron chi connectivity index (χ0n) is 13.9. The first-order chi connectivity index (χ1) is 8.64. The average Bonchev–Trinajstić information content (AvgIpc) is 2.84. The summed E-state index contributed by atoms with van der Waals surface area (Å²) in [5.74, 6) is 0. The van der Waals surface area contributed by atoms with Crippen LogP contribution in [0.3, 0.4) is 0 Å². The van der Waals surface area contributed by atoms with Crippen LogP contribution >= 0.6 is 0 Å².